The van der Waals surface area contributed by atoms with Gasteiger partial charge in [-0.1, -0.05) is 24.9 Å². The van der Waals surface area contributed by atoms with Crippen molar-refractivity contribution < 1.29 is 9.47 Å². The second kappa shape index (κ2) is 9.25. The lowest BCUT2D eigenvalue weighted by atomic mass is 10.1. The molecule has 2 aliphatic rings. The third-order valence-electron chi connectivity index (χ3n) is 5.69. The van der Waals surface area contributed by atoms with Gasteiger partial charge in [-0.25, -0.2) is 0 Å². The molecule has 0 aliphatic carbocycles. The summed E-state index contributed by atoms with van der Waals surface area (Å²) in [4.78, 5) is 9.24. The Balaban J connectivity index is 1.71. The molecule has 0 saturated carbocycles. The van der Waals surface area contributed by atoms with Crippen LogP contribution in [0.1, 0.15) is 44.6 Å². The van der Waals surface area contributed by atoms with Gasteiger partial charge in [-0.05, 0) is 70.9 Å². The molecule has 0 spiro atoms. The van der Waals surface area contributed by atoms with Gasteiger partial charge in [0.15, 0.2) is 5.75 Å². The predicted octanol–water partition coefficient (Wildman–Crippen LogP) is 3.63. The van der Waals surface area contributed by atoms with E-state index in [0.717, 1.165) is 37.2 Å². The van der Waals surface area contributed by atoms with Crippen molar-refractivity contribution in [3.05, 3.63) is 16.8 Å². The summed E-state index contributed by atoms with van der Waals surface area (Å²) in [6, 6.07) is 2.94. The highest BCUT2D eigenvalue weighted by Gasteiger charge is 2.24. The van der Waals surface area contributed by atoms with Crippen molar-refractivity contribution in [3.63, 3.8) is 0 Å². The average molecular weight is 382 g/mol. The van der Waals surface area contributed by atoms with Gasteiger partial charge in [-0.15, -0.1) is 0 Å². The van der Waals surface area contributed by atoms with Crippen LogP contribution in [0.25, 0.3) is 0 Å². The number of rotatable bonds is 8. The molecule has 1 aromatic rings. The predicted molar refractivity (Wildman–Crippen MR) is 106 cm³/mol. The molecule has 0 radical (unpaired) electrons. The Morgan fingerprint density at radius 1 is 1.08 bits per heavy atom. The van der Waals surface area contributed by atoms with Gasteiger partial charge in [0.2, 0.25) is 0 Å². The van der Waals surface area contributed by atoms with Crippen molar-refractivity contribution in [1.29, 1.82) is 0 Å². The largest absolute Gasteiger partial charge is 0.486 e. The lowest BCUT2D eigenvalue weighted by molar-refractivity contribution is 0.169. The first-order valence-electron chi connectivity index (χ1n) is 9.94. The van der Waals surface area contributed by atoms with Crippen LogP contribution < -0.4 is 9.47 Å². The zero-order chi connectivity index (χ0) is 18.5. The minimum atomic E-state index is 0.444. The van der Waals surface area contributed by atoms with E-state index in [-0.39, 0.29) is 0 Å². The number of nitrogens with zero attached hydrogens (tertiary/aromatic N) is 3. The fourth-order valence-corrected chi connectivity index (χ4v) is 4.11. The normalized spacial score (nSPS) is 24.3. The van der Waals surface area contributed by atoms with Gasteiger partial charge in [0, 0.05) is 12.1 Å². The Morgan fingerprint density at radius 3 is 2.23 bits per heavy atom. The number of aromatic nitrogens is 1. The van der Waals surface area contributed by atoms with Gasteiger partial charge >= 0.3 is 0 Å². The molecular weight excluding hydrogens is 350 g/mol. The van der Waals surface area contributed by atoms with E-state index in [1.165, 1.54) is 25.7 Å². The van der Waals surface area contributed by atoms with E-state index in [1.807, 2.05) is 6.07 Å². The number of ether oxygens (including phenoxy) is 2. The van der Waals surface area contributed by atoms with Crippen LogP contribution in [0.15, 0.2) is 6.07 Å². The summed E-state index contributed by atoms with van der Waals surface area (Å²) in [5.41, 5.74) is 1.04. The summed E-state index contributed by atoms with van der Waals surface area (Å²) in [6.45, 7) is 5.72. The molecule has 3 rings (SSSR count). The van der Waals surface area contributed by atoms with Crippen LogP contribution >= 0.6 is 11.6 Å². The molecule has 0 N–H and O–H groups in total. The van der Waals surface area contributed by atoms with E-state index in [1.54, 1.807) is 0 Å². The van der Waals surface area contributed by atoms with Gasteiger partial charge in [0.25, 0.3) is 5.88 Å². The molecule has 0 unspecified atom stereocenters. The van der Waals surface area contributed by atoms with Crippen LogP contribution in [-0.4, -0.2) is 67.3 Å². The molecule has 26 heavy (non-hydrogen) atoms. The first kappa shape index (κ1) is 19.7. The highest BCUT2D eigenvalue weighted by Crippen LogP contribution is 2.32. The number of aryl methyl sites for hydroxylation is 1. The van der Waals surface area contributed by atoms with E-state index < -0.39 is 0 Å². The molecule has 0 amide bonds. The average Bonchev–Trinajstić information content (AvgIpc) is 3.22. The summed E-state index contributed by atoms with van der Waals surface area (Å²) in [6.07, 6.45) is 6.74. The molecule has 146 valence electrons. The maximum Gasteiger partial charge on any atom is 0.258 e. The van der Waals surface area contributed by atoms with E-state index >= 15 is 0 Å². The highest BCUT2D eigenvalue weighted by atomic mass is 35.5. The van der Waals surface area contributed by atoms with Crippen molar-refractivity contribution >= 4 is 11.6 Å². The molecule has 6 heteroatoms. The number of hydrogen-bond donors (Lipinski definition) is 0. The van der Waals surface area contributed by atoms with Gasteiger partial charge in [-0.2, -0.15) is 4.98 Å². The van der Waals surface area contributed by atoms with Crippen molar-refractivity contribution in [3.8, 4) is 11.6 Å². The quantitative estimate of drug-likeness (QED) is 0.643. The zero-order valence-corrected chi connectivity index (χ0v) is 17.1. The van der Waals surface area contributed by atoms with E-state index in [0.29, 0.717) is 36.3 Å². The zero-order valence-electron chi connectivity index (χ0n) is 16.3. The van der Waals surface area contributed by atoms with Crippen LogP contribution in [0.3, 0.4) is 0 Å². The van der Waals surface area contributed by atoms with Crippen molar-refractivity contribution in [1.82, 2.24) is 14.8 Å². The Labute approximate surface area is 162 Å². The summed E-state index contributed by atoms with van der Waals surface area (Å²) in [5.74, 6) is 1.27. The first-order chi connectivity index (χ1) is 12.6. The molecule has 5 nitrogen and oxygen atoms in total. The van der Waals surface area contributed by atoms with Crippen LogP contribution in [0, 0.1) is 0 Å². The second-order valence-electron chi connectivity index (χ2n) is 7.67. The summed E-state index contributed by atoms with van der Waals surface area (Å²) >= 11 is 6.39. The first-order valence-corrected chi connectivity index (χ1v) is 10.3. The van der Waals surface area contributed by atoms with Gasteiger partial charge in [-0.3, -0.25) is 0 Å². The van der Waals surface area contributed by atoms with Gasteiger partial charge in [0.1, 0.15) is 18.4 Å². The minimum absolute atomic E-state index is 0.444. The van der Waals surface area contributed by atoms with Crippen molar-refractivity contribution in [2.45, 2.75) is 57.5 Å². The number of hydrogen-bond acceptors (Lipinski definition) is 5. The lowest BCUT2D eigenvalue weighted by Crippen LogP contribution is -2.31. The number of halogens is 1. The Morgan fingerprint density at radius 2 is 1.69 bits per heavy atom. The topological polar surface area (TPSA) is 37.8 Å². The lowest BCUT2D eigenvalue weighted by Gasteiger charge is -2.23. The molecule has 2 aliphatic heterocycles. The SMILES string of the molecule is CCCc1cc(OC[C@@H]2CCCN2C)c(OC[C@@H]2CCCN2C)nc1Cl. The summed E-state index contributed by atoms with van der Waals surface area (Å²) < 4.78 is 12.2. The molecule has 2 atom stereocenters. The summed E-state index contributed by atoms with van der Waals surface area (Å²) in [5, 5.41) is 0.534. The van der Waals surface area contributed by atoms with Crippen LogP contribution in [0.5, 0.6) is 11.6 Å². The highest BCUT2D eigenvalue weighted by molar-refractivity contribution is 6.30. The number of likely N-dealkylation sites (N-methyl/N-ethyl adjacent to an activating group) is 2. The molecule has 0 aromatic carbocycles. The van der Waals surface area contributed by atoms with Crippen LogP contribution in [0.4, 0.5) is 0 Å². The van der Waals surface area contributed by atoms with E-state index in [4.69, 9.17) is 21.1 Å². The van der Waals surface area contributed by atoms with E-state index in [9.17, 15) is 0 Å². The smallest absolute Gasteiger partial charge is 0.258 e. The second-order valence-corrected chi connectivity index (χ2v) is 8.02. The number of likely N-dealkylation sites (tertiary alicyclic amines) is 2. The monoisotopic (exact) mass is 381 g/mol. The Hall–Kier alpha value is -1.04. The molecule has 2 saturated heterocycles. The van der Waals surface area contributed by atoms with Crippen LogP contribution in [-0.2, 0) is 6.42 Å². The van der Waals surface area contributed by atoms with Crippen molar-refractivity contribution in [2.24, 2.45) is 0 Å². The molecule has 0 bridgehead atoms. The Bertz CT molecular complexity index is 599. The van der Waals surface area contributed by atoms with E-state index in [2.05, 4.69) is 35.8 Å². The molecule has 1 aromatic heterocycles. The molecular formula is C20H32ClN3O2. The molecule has 3 heterocycles. The maximum atomic E-state index is 6.39. The Kier molecular flexibility index (Phi) is 7.01. The third kappa shape index (κ3) is 4.81. The van der Waals surface area contributed by atoms with Gasteiger partial charge < -0.3 is 19.3 Å². The maximum absolute atomic E-state index is 6.39. The molecule has 2 fully saturated rings. The van der Waals surface area contributed by atoms with Gasteiger partial charge in [0.05, 0.1) is 0 Å². The fourth-order valence-electron chi connectivity index (χ4n) is 3.89. The number of pyridine rings is 1. The fraction of sp³-hybridized carbons (Fsp3) is 0.750. The third-order valence-corrected chi connectivity index (χ3v) is 6.01. The minimum Gasteiger partial charge on any atom is -0.486 e. The summed E-state index contributed by atoms with van der Waals surface area (Å²) in [7, 11) is 4.32. The van der Waals surface area contributed by atoms with Crippen molar-refractivity contribution in [2.75, 3.05) is 40.4 Å². The van der Waals surface area contributed by atoms with Crippen LogP contribution in [0.2, 0.25) is 5.15 Å². The standard InChI is InChI=1S/C20H32ClN3O2/c1-4-7-15-12-18(25-13-16-8-5-10-23(16)2)20(22-19(15)21)26-14-17-9-6-11-24(17)3/h12,16-17H,4-11,13-14H2,1-3H3/t16-,17-/m0/s1.